The molecule has 3 nitrogen and oxygen atoms in total. The maximum atomic E-state index is 9.28. The Labute approximate surface area is 84.7 Å². The van der Waals surface area contributed by atoms with Gasteiger partial charge in [0.2, 0.25) is 0 Å². The number of phenols is 1. The minimum absolute atomic E-state index is 0.293. The Balaban J connectivity index is 2.57. The summed E-state index contributed by atoms with van der Waals surface area (Å²) in [5.74, 6) is 0.315. The summed E-state index contributed by atoms with van der Waals surface area (Å²) in [5, 5.41) is 12.4. The van der Waals surface area contributed by atoms with Gasteiger partial charge in [0.05, 0.1) is 6.61 Å². The molecule has 0 heterocycles. The number of methoxy groups -OCH3 is 1. The lowest BCUT2D eigenvalue weighted by Gasteiger charge is -2.14. The van der Waals surface area contributed by atoms with Gasteiger partial charge >= 0.3 is 0 Å². The number of hydrogen-bond acceptors (Lipinski definition) is 3. The number of likely N-dealkylation sites (N-methyl/N-ethyl adjacent to an activating group) is 1. The van der Waals surface area contributed by atoms with Crippen LogP contribution >= 0.6 is 0 Å². The Morgan fingerprint density at radius 2 is 2.29 bits per heavy atom. The topological polar surface area (TPSA) is 41.5 Å². The highest BCUT2D eigenvalue weighted by atomic mass is 16.5. The fraction of sp³-hybridized carbons (Fsp3) is 0.455. The van der Waals surface area contributed by atoms with Gasteiger partial charge in [0.25, 0.3) is 0 Å². The molecule has 0 saturated carbocycles. The molecule has 1 atom stereocenters. The first-order chi connectivity index (χ1) is 6.76. The largest absolute Gasteiger partial charge is 0.508 e. The Kier molecular flexibility index (Phi) is 4.43. The predicted octanol–water partition coefficient (Wildman–Crippen LogP) is 1.17. The molecule has 0 aliphatic carbocycles. The van der Waals surface area contributed by atoms with E-state index in [1.54, 1.807) is 19.2 Å². The number of nitrogens with one attached hydrogen (secondary N) is 1. The SMILES string of the molecule is CNC(COC)Cc1cccc(O)c1. The molecule has 0 spiro atoms. The second-order valence-electron chi connectivity index (χ2n) is 3.31. The smallest absolute Gasteiger partial charge is 0.115 e. The van der Waals surface area contributed by atoms with Gasteiger partial charge in [-0.1, -0.05) is 12.1 Å². The van der Waals surface area contributed by atoms with Gasteiger partial charge in [-0.15, -0.1) is 0 Å². The average molecular weight is 195 g/mol. The van der Waals surface area contributed by atoms with Crippen LogP contribution in [-0.2, 0) is 11.2 Å². The molecule has 3 heteroatoms. The highest BCUT2D eigenvalue weighted by molar-refractivity contribution is 5.27. The molecule has 1 unspecified atom stereocenters. The normalized spacial score (nSPS) is 12.7. The van der Waals surface area contributed by atoms with E-state index in [-0.39, 0.29) is 0 Å². The minimum atomic E-state index is 0.293. The van der Waals surface area contributed by atoms with Gasteiger partial charge in [0.15, 0.2) is 0 Å². The summed E-state index contributed by atoms with van der Waals surface area (Å²) >= 11 is 0. The van der Waals surface area contributed by atoms with Crippen LogP contribution in [0, 0.1) is 0 Å². The Morgan fingerprint density at radius 3 is 2.86 bits per heavy atom. The molecule has 0 aromatic heterocycles. The van der Waals surface area contributed by atoms with E-state index in [1.165, 1.54) is 0 Å². The molecule has 78 valence electrons. The van der Waals surface area contributed by atoms with Crippen LogP contribution in [0.2, 0.25) is 0 Å². The number of rotatable bonds is 5. The number of phenolic OH excluding ortho intramolecular Hbond substituents is 1. The average Bonchev–Trinajstić information content (AvgIpc) is 2.17. The summed E-state index contributed by atoms with van der Waals surface area (Å²) in [4.78, 5) is 0. The summed E-state index contributed by atoms with van der Waals surface area (Å²) in [6.45, 7) is 0.673. The van der Waals surface area contributed by atoms with Crippen LogP contribution in [0.4, 0.5) is 0 Å². The van der Waals surface area contributed by atoms with Crippen molar-refractivity contribution >= 4 is 0 Å². The van der Waals surface area contributed by atoms with Crippen molar-refractivity contribution in [3.8, 4) is 5.75 Å². The molecule has 0 amide bonds. The fourth-order valence-electron chi connectivity index (χ4n) is 1.41. The van der Waals surface area contributed by atoms with Gasteiger partial charge in [0, 0.05) is 13.2 Å². The fourth-order valence-corrected chi connectivity index (χ4v) is 1.41. The van der Waals surface area contributed by atoms with Crippen LogP contribution < -0.4 is 5.32 Å². The summed E-state index contributed by atoms with van der Waals surface area (Å²) in [6, 6.07) is 7.60. The lowest BCUT2D eigenvalue weighted by molar-refractivity contribution is 0.169. The van der Waals surface area contributed by atoms with Crippen LogP contribution in [0.25, 0.3) is 0 Å². The van der Waals surface area contributed by atoms with Gasteiger partial charge in [0.1, 0.15) is 5.75 Å². The summed E-state index contributed by atoms with van der Waals surface area (Å²) in [6.07, 6.45) is 0.860. The molecule has 0 radical (unpaired) electrons. The Bertz CT molecular complexity index is 276. The quantitative estimate of drug-likeness (QED) is 0.741. The molecular weight excluding hydrogens is 178 g/mol. The van der Waals surface area contributed by atoms with Crippen molar-refractivity contribution in [1.29, 1.82) is 0 Å². The van der Waals surface area contributed by atoms with E-state index in [2.05, 4.69) is 5.32 Å². The van der Waals surface area contributed by atoms with E-state index < -0.39 is 0 Å². The van der Waals surface area contributed by atoms with Crippen molar-refractivity contribution in [2.24, 2.45) is 0 Å². The van der Waals surface area contributed by atoms with E-state index in [0.29, 0.717) is 18.4 Å². The summed E-state index contributed by atoms with van der Waals surface area (Å²) in [5.41, 5.74) is 1.11. The second-order valence-corrected chi connectivity index (χ2v) is 3.31. The third-order valence-electron chi connectivity index (χ3n) is 2.17. The van der Waals surface area contributed by atoms with Crippen molar-refractivity contribution in [2.75, 3.05) is 20.8 Å². The van der Waals surface area contributed by atoms with Gasteiger partial charge in [-0.2, -0.15) is 0 Å². The zero-order chi connectivity index (χ0) is 10.4. The van der Waals surface area contributed by atoms with Gasteiger partial charge in [-0.25, -0.2) is 0 Å². The maximum Gasteiger partial charge on any atom is 0.115 e. The molecule has 0 saturated heterocycles. The monoisotopic (exact) mass is 195 g/mol. The van der Waals surface area contributed by atoms with E-state index >= 15 is 0 Å². The number of hydrogen-bond donors (Lipinski definition) is 2. The van der Waals surface area contributed by atoms with Crippen molar-refractivity contribution in [2.45, 2.75) is 12.5 Å². The zero-order valence-electron chi connectivity index (χ0n) is 8.66. The molecule has 2 N–H and O–H groups in total. The van der Waals surface area contributed by atoms with Crippen LogP contribution in [-0.4, -0.2) is 31.9 Å². The van der Waals surface area contributed by atoms with E-state index in [1.807, 2.05) is 19.2 Å². The molecule has 14 heavy (non-hydrogen) atoms. The predicted molar refractivity (Wildman–Crippen MR) is 56.5 cm³/mol. The first-order valence-corrected chi connectivity index (χ1v) is 4.70. The molecular formula is C11H17NO2. The van der Waals surface area contributed by atoms with Gasteiger partial charge < -0.3 is 15.2 Å². The van der Waals surface area contributed by atoms with Crippen LogP contribution in [0.15, 0.2) is 24.3 Å². The van der Waals surface area contributed by atoms with E-state index in [0.717, 1.165) is 12.0 Å². The van der Waals surface area contributed by atoms with Crippen LogP contribution in [0.5, 0.6) is 5.75 Å². The lowest BCUT2D eigenvalue weighted by Crippen LogP contribution is -2.31. The van der Waals surface area contributed by atoms with E-state index in [4.69, 9.17) is 4.74 Å². The number of benzene rings is 1. The van der Waals surface area contributed by atoms with Gasteiger partial charge in [-0.05, 0) is 31.2 Å². The number of ether oxygens (including phenoxy) is 1. The van der Waals surface area contributed by atoms with Crippen LogP contribution in [0.1, 0.15) is 5.56 Å². The highest BCUT2D eigenvalue weighted by Gasteiger charge is 2.06. The zero-order valence-corrected chi connectivity index (χ0v) is 8.66. The minimum Gasteiger partial charge on any atom is -0.508 e. The second kappa shape index (κ2) is 5.62. The third-order valence-corrected chi connectivity index (χ3v) is 2.17. The van der Waals surface area contributed by atoms with Crippen molar-refractivity contribution < 1.29 is 9.84 Å². The molecule has 0 aliphatic heterocycles. The first-order valence-electron chi connectivity index (χ1n) is 4.70. The van der Waals surface area contributed by atoms with Crippen molar-refractivity contribution in [3.63, 3.8) is 0 Å². The lowest BCUT2D eigenvalue weighted by atomic mass is 10.1. The van der Waals surface area contributed by atoms with Crippen molar-refractivity contribution in [3.05, 3.63) is 29.8 Å². The highest BCUT2D eigenvalue weighted by Crippen LogP contribution is 2.12. The number of aromatic hydroxyl groups is 1. The molecule has 1 aromatic carbocycles. The molecule has 1 rings (SSSR count). The van der Waals surface area contributed by atoms with E-state index in [9.17, 15) is 5.11 Å². The summed E-state index contributed by atoms with van der Waals surface area (Å²) in [7, 11) is 3.60. The van der Waals surface area contributed by atoms with Crippen molar-refractivity contribution in [1.82, 2.24) is 5.32 Å². The molecule has 0 aliphatic rings. The molecule has 0 bridgehead atoms. The molecule has 1 aromatic rings. The molecule has 0 fully saturated rings. The standard InChI is InChI=1S/C11H17NO2/c1-12-10(8-14-2)6-9-4-3-5-11(13)7-9/h3-5,7,10,12-13H,6,8H2,1-2H3. The van der Waals surface area contributed by atoms with Gasteiger partial charge in [-0.3, -0.25) is 0 Å². The first kappa shape index (κ1) is 11.0. The third kappa shape index (κ3) is 3.36. The Morgan fingerprint density at radius 1 is 1.50 bits per heavy atom. The summed E-state index contributed by atoms with van der Waals surface area (Å²) < 4.78 is 5.07. The van der Waals surface area contributed by atoms with Crippen LogP contribution in [0.3, 0.4) is 0 Å². The maximum absolute atomic E-state index is 9.28. The Hall–Kier alpha value is -1.06.